The SMILES string of the molecule is O=C(CCSc1ccc(Br)cc1)NCCNC(=O)c1cccnc1. The molecular formula is C17H18BrN3O2S. The number of hydrogen-bond acceptors (Lipinski definition) is 4. The molecular weight excluding hydrogens is 390 g/mol. The molecule has 0 bridgehead atoms. The van der Waals surface area contributed by atoms with Crippen LogP contribution in [0, 0.1) is 0 Å². The standard InChI is InChI=1S/C17H18BrN3O2S/c18-14-3-5-15(6-4-14)24-11-7-16(22)20-9-10-21-17(23)13-2-1-8-19-12-13/h1-6,8,12H,7,9-11H2,(H,20,22)(H,21,23). The van der Waals surface area contributed by atoms with Crippen LogP contribution in [0.2, 0.25) is 0 Å². The molecule has 0 aliphatic carbocycles. The summed E-state index contributed by atoms with van der Waals surface area (Å²) in [6.45, 7) is 0.799. The first-order valence-electron chi connectivity index (χ1n) is 7.48. The summed E-state index contributed by atoms with van der Waals surface area (Å²) < 4.78 is 1.04. The Morgan fingerprint density at radius 3 is 2.54 bits per heavy atom. The number of amides is 2. The highest BCUT2D eigenvalue weighted by atomic mass is 79.9. The zero-order valence-corrected chi connectivity index (χ0v) is 15.4. The summed E-state index contributed by atoms with van der Waals surface area (Å²) in [5.41, 5.74) is 0.509. The maximum Gasteiger partial charge on any atom is 0.252 e. The fourth-order valence-corrected chi connectivity index (χ4v) is 2.97. The van der Waals surface area contributed by atoms with Crippen molar-refractivity contribution in [1.29, 1.82) is 0 Å². The first-order chi connectivity index (χ1) is 11.6. The van der Waals surface area contributed by atoms with E-state index in [4.69, 9.17) is 0 Å². The fraction of sp³-hybridized carbons (Fsp3) is 0.235. The smallest absolute Gasteiger partial charge is 0.252 e. The minimum Gasteiger partial charge on any atom is -0.354 e. The number of carbonyl (C=O) groups excluding carboxylic acids is 2. The van der Waals surface area contributed by atoms with Crippen molar-refractivity contribution in [1.82, 2.24) is 15.6 Å². The van der Waals surface area contributed by atoms with Gasteiger partial charge in [0, 0.05) is 47.0 Å². The quantitative estimate of drug-likeness (QED) is 0.521. The molecule has 5 nitrogen and oxygen atoms in total. The molecule has 0 atom stereocenters. The number of aromatic nitrogens is 1. The monoisotopic (exact) mass is 407 g/mol. The first kappa shape index (κ1) is 18.5. The van der Waals surface area contributed by atoms with E-state index < -0.39 is 0 Å². The van der Waals surface area contributed by atoms with E-state index in [2.05, 4.69) is 31.5 Å². The average molecular weight is 408 g/mol. The van der Waals surface area contributed by atoms with Gasteiger partial charge in [0.15, 0.2) is 0 Å². The minimum absolute atomic E-state index is 0.0183. The van der Waals surface area contributed by atoms with Crippen molar-refractivity contribution in [2.24, 2.45) is 0 Å². The van der Waals surface area contributed by atoms with E-state index in [0.717, 1.165) is 15.1 Å². The summed E-state index contributed by atoms with van der Waals surface area (Å²) in [4.78, 5) is 28.5. The van der Waals surface area contributed by atoms with Gasteiger partial charge in [0.2, 0.25) is 5.91 Å². The van der Waals surface area contributed by atoms with Crippen LogP contribution in [0.15, 0.2) is 58.2 Å². The third kappa shape index (κ3) is 6.72. The largest absolute Gasteiger partial charge is 0.354 e. The lowest BCUT2D eigenvalue weighted by Gasteiger charge is -2.07. The molecule has 7 heteroatoms. The molecule has 0 radical (unpaired) electrons. The molecule has 1 aromatic heterocycles. The van der Waals surface area contributed by atoms with Crippen LogP contribution in [-0.4, -0.2) is 35.6 Å². The number of nitrogens with zero attached hydrogens (tertiary/aromatic N) is 1. The van der Waals surface area contributed by atoms with Gasteiger partial charge in [0.25, 0.3) is 5.91 Å². The number of nitrogens with one attached hydrogen (secondary N) is 2. The molecule has 2 amide bonds. The van der Waals surface area contributed by atoms with Crippen LogP contribution in [0.25, 0.3) is 0 Å². The first-order valence-corrected chi connectivity index (χ1v) is 9.26. The lowest BCUT2D eigenvalue weighted by molar-refractivity contribution is -0.120. The highest BCUT2D eigenvalue weighted by Crippen LogP contribution is 2.20. The van der Waals surface area contributed by atoms with E-state index >= 15 is 0 Å². The van der Waals surface area contributed by atoms with Crippen molar-refractivity contribution in [3.63, 3.8) is 0 Å². The van der Waals surface area contributed by atoms with Crippen molar-refractivity contribution in [2.45, 2.75) is 11.3 Å². The predicted octanol–water partition coefficient (Wildman–Crippen LogP) is 2.87. The number of rotatable bonds is 8. The van der Waals surface area contributed by atoms with Crippen molar-refractivity contribution < 1.29 is 9.59 Å². The van der Waals surface area contributed by atoms with E-state index in [-0.39, 0.29) is 11.8 Å². The Bertz CT molecular complexity index is 665. The molecule has 0 saturated carbocycles. The molecule has 1 heterocycles. The van der Waals surface area contributed by atoms with Crippen LogP contribution in [0.5, 0.6) is 0 Å². The maximum absolute atomic E-state index is 11.8. The van der Waals surface area contributed by atoms with Gasteiger partial charge in [-0.1, -0.05) is 15.9 Å². The number of carbonyl (C=O) groups is 2. The van der Waals surface area contributed by atoms with Gasteiger partial charge in [-0.15, -0.1) is 11.8 Å². The Kier molecular flexibility index (Phi) is 7.77. The van der Waals surface area contributed by atoms with Gasteiger partial charge in [0.05, 0.1) is 5.56 Å². The summed E-state index contributed by atoms with van der Waals surface area (Å²) >= 11 is 5.03. The third-order valence-corrected chi connectivity index (χ3v) is 4.61. The number of halogens is 1. The van der Waals surface area contributed by atoms with E-state index in [0.29, 0.717) is 25.1 Å². The van der Waals surface area contributed by atoms with Crippen LogP contribution in [0.4, 0.5) is 0 Å². The summed E-state index contributed by atoms with van der Waals surface area (Å²) in [5, 5.41) is 5.53. The third-order valence-electron chi connectivity index (χ3n) is 3.07. The number of pyridine rings is 1. The number of benzene rings is 1. The Balaban J connectivity index is 1.56. The Hall–Kier alpha value is -1.86. The van der Waals surface area contributed by atoms with Crippen molar-refractivity contribution in [3.05, 3.63) is 58.8 Å². The summed E-state index contributed by atoms with van der Waals surface area (Å²) in [5.74, 6) is 0.508. The fourth-order valence-electron chi connectivity index (χ4n) is 1.86. The Morgan fingerprint density at radius 2 is 1.83 bits per heavy atom. The molecule has 0 unspecified atom stereocenters. The molecule has 2 rings (SSSR count). The van der Waals surface area contributed by atoms with Gasteiger partial charge in [-0.3, -0.25) is 14.6 Å². The molecule has 0 fully saturated rings. The van der Waals surface area contributed by atoms with E-state index in [1.54, 1.807) is 30.1 Å². The van der Waals surface area contributed by atoms with Crippen LogP contribution in [0.3, 0.4) is 0 Å². The number of thioether (sulfide) groups is 1. The highest BCUT2D eigenvalue weighted by molar-refractivity contribution is 9.10. The normalized spacial score (nSPS) is 10.2. The summed E-state index contributed by atoms with van der Waals surface area (Å²) in [6.07, 6.45) is 3.56. The van der Waals surface area contributed by atoms with Crippen LogP contribution < -0.4 is 10.6 Å². The van der Waals surface area contributed by atoms with E-state index in [1.807, 2.05) is 24.3 Å². The molecule has 1 aromatic carbocycles. The minimum atomic E-state index is -0.192. The predicted molar refractivity (Wildman–Crippen MR) is 99.1 cm³/mol. The zero-order valence-electron chi connectivity index (χ0n) is 13.0. The van der Waals surface area contributed by atoms with E-state index in [1.165, 1.54) is 6.20 Å². The maximum atomic E-state index is 11.8. The second-order valence-electron chi connectivity index (χ2n) is 4.90. The molecule has 24 heavy (non-hydrogen) atoms. The molecule has 0 saturated heterocycles. The molecule has 2 aromatic rings. The highest BCUT2D eigenvalue weighted by Gasteiger charge is 2.05. The Morgan fingerprint density at radius 1 is 1.08 bits per heavy atom. The van der Waals surface area contributed by atoms with Gasteiger partial charge < -0.3 is 10.6 Å². The van der Waals surface area contributed by atoms with Gasteiger partial charge in [-0.2, -0.15) is 0 Å². The van der Waals surface area contributed by atoms with Gasteiger partial charge in [-0.05, 0) is 36.4 Å². The van der Waals surface area contributed by atoms with E-state index in [9.17, 15) is 9.59 Å². The van der Waals surface area contributed by atoms with Gasteiger partial charge >= 0.3 is 0 Å². The van der Waals surface area contributed by atoms with Crippen LogP contribution in [0.1, 0.15) is 16.8 Å². The zero-order chi connectivity index (χ0) is 17.2. The number of hydrogen-bond donors (Lipinski definition) is 2. The Labute approximate surface area is 153 Å². The lowest BCUT2D eigenvalue weighted by atomic mass is 10.3. The van der Waals surface area contributed by atoms with Crippen LogP contribution in [-0.2, 0) is 4.79 Å². The summed E-state index contributed by atoms with van der Waals surface area (Å²) in [6, 6.07) is 11.4. The second kappa shape index (κ2) is 10.1. The average Bonchev–Trinajstić information content (AvgIpc) is 2.61. The van der Waals surface area contributed by atoms with Crippen LogP contribution >= 0.6 is 27.7 Å². The molecule has 0 aliphatic rings. The van der Waals surface area contributed by atoms with Crippen molar-refractivity contribution >= 4 is 39.5 Å². The second-order valence-corrected chi connectivity index (χ2v) is 6.98. The van der Waals surface area contributed by atoms with Crippen molar-refractivity contribution in [3.8, 4) is 0 Å². The van der Waals surface area contributed by atoms with Crippen molar-refractivity contribution in [2.75, 3.05) is 18.8 Å². The topological polar surface area (TPSA) is 71.1 Å². The molecule has 0 spiro atoms. The molecule has 0 aliphatic heterocycles. The molecule has 126 valence electrons. The lowest BCUT2D eigenvalue weighted by Crippen LogP contribution is -2.34. The van der Waals surface area contributed by atoms with Gasteiger partial charge in [-0.25, -0.2) is 0 Å². The van der Waals surface area contributed by atoms with Gasteiger partial charge in [0.1, 0.15) is 0 Å². The molecule has 2 N–H and O–H groups in total. The summed E-state index contributed by atoms with van der Waals surface area (Å²) in [7, 11) is 0.